The van der Waals surface area contributed by atoms with Crippen molar-refractivity contribution in [3.8, 4) is 11.5 Å². The second-order valence-corrected chi connectivity index (χ2v) is 5.19. The minimum atomic E-state index is -3.53. The van der Waals surface area contributed by atoms with Gasteiger partial charge in [-0.3, -0.25) is 0 Å². The molecule has 0 amide bonds. The number of hydrogen-bond acceptors (Lipinski definition) is 2. The molecule has 1 aliphatic rings. The van der Waals surface area contributed by atoms with E-state index < -0.39 is 6.29 Å². The van der Waals surface area contributed by atoms with Gasteiger partial charge in [0, 0.05) is 0 Å². The Morgan fingerprint density at radius 3 is 2.38 bits per heavy atom. The van der Waals surface area contributed by atoms with Gasteiger partial charge in [0.15, 0.2) is 11.5 Å². The van der Waals surface area contributed by atoms with Gasteiger partial charge in [0.05, 0.1) is 0 Å². The van der Waals surface area contributed by atoms with E-state index in [0.29, 0.717) is 0 Å². The fourth-order valence-corrected chi connectivity index (χ4v) is 1.72. The maximum atomic E-state index is 12.8. The summed E-state index contributed by atoms with van der Waals surface area (Å²) in [5.74, 6) is 0.217. The summed E-state index contributed by atoms with van der Waals surface area (Å²) in [6.45, 7) is 6.27. The molecule has 16 heavy (non-hydrogen) atoms. The summed E-state index contributed by atoms with van der Waals surface area (Å²) >= 11 is 0. The van der Waals surface area contributed by atoms with E-state index in [4.69, 9.17) is 0 Å². The second-order valence-electron chi connectivity index (χ2n) is 5.19. The Balaban J connectivity index is 2.23. The molecule has 0 saturated heterocycles. The van der Waals surface area contributed by atoms with Crippen molar-refractivity contribution in [2.75, 3.05) is 0 Å². The average molecular weight is 228 g/mol. The molecular formula is C12H14F2O2. The van der Waals surface area contributed by atoms with Gasteiger partial charge < -0.3 is 9.47 Å². The van der Waals surface area contributed by atoms with Crippen molar-refractivity contribution in [3.63, 3.8) is 0 Å². The van der Waals surface area contributed by atoms with Crippen LogP contribution in [0.3, 0.4) is 0 Å². The molecule has 0 unspecified atom stereocenters. The highest BCUT2D eigenvalue weighted by Gasteiger charge is 2.43. The lowest BCUT2D eigenvalue weighted by Crippen LogP contribution is -2.25. The van der Waals surface area contributed by atoms with E-state index in [0.717, 1.165) is 12.0 Å². The van der Waals surface area contributed by atoms with Crippen LogP contribution in [-0.4, -0.2) is 6.29 Å². The van der Waals surface area contributed by atoms with Crippen LogP contribution < -0.4 is 9.47 Å². The summed E-state index contributed by atoms with van der Waals surface area (Å²) in [5, 5.41) is 0. The average Bonchev–Trinajstić information content (AvgIpc) is 2.34. The van der Waals surface area contributed by atoms with Gasteiger partial charge in [-0.2, -0.15) is 0 Å². The van der Waals surface area contributed by atoms with Gasteiger partial charge in [-0.15, -0.1) is 8.78 Å². The highest BCUT2D eigenvalue weighted by atomic mass is 19.3. The van der Waals surface area contributed by atoms with Crippen LogP contribution in [0, 0.1) is 5.41 Å². The molecule has 0 bridgehead atoms. The Kier molecular flexibility index (Phi) is 2.33. The third-order valence-corrected chi connectivity index (χ3v) is 2.20. The number of ether oxygens (including phenoxy) is 2. The first-order valence-electron chi connectivity index (χ1n) is 5.14. The monoisotopic (exact) mass is 228 g/mol. The molecule has 1 aromatic carbocycles. The van der Waals surface area contributed by atoms with Crippen molar-refractivity contribution < 1.29 is 18.3 Å². The number of fused-ring (bicyclic) bond motifs is 1. The standard InChI is InChI=1S/C12H14F2O2/c1-11(2,3)7-8-4-5-9-10(6-8)16-12(13,14)15-9/h4-6H,7H2,1-3H3. The van der Waals surface area contributed by atoms with Crippen LogP contribution in [-0.2, 0) is 6.42 Å². The quantitative estimate of drug-likeness (QED) is 0.731. The molecule has 1 aliphatic heterocycles. The zero-order valence-electron chi connectivity index (χ0n) is 9.51. The molecule has 0 spiro atoms. The Morgan fingerprint density at radius 2 is 1.75 bits per heavy atom. The Labute approximate surface area is 93.2 Å². The molecule has 0 saturated carbocycles. The normalized spacial score (nSPS) is 17.6. The minimum absolute atomic E-state index is 0.0997. The van der Waals surface area contributed by atoms with Crippen LogP contribution in [0.15, 0.2) is 18.2 Å². The van der Waals surface area contributed by atoms with E-state index >= 15 is 0 Å². The number of hydrogen-bond donors (Lipinski definition) is 0. The molecule has 4 heteroatoms. The summed E-state index contributed by atoms with van der Waals surface area (Å²) < 4.78 is 34.2. The van der Waals surface area contributed by atoms with Gasteiger partial charge >= 0.3 is 6.29 Å². The predicted molar refractivity (Wildman–Crippen MR) is 55.8 cm³/mol. The van der Waals surface area contributed by atoms with Crippen molar-refractivity contribution in [1.82, 2.24) is 0 Å². The van der Waals surface area contributed by atoms with Crippen molar-refractivity contribution in [1.29, 1.82) is 0 Å². The molecule has 1 heterocycles. The number of alkyl halides is 2. The summed E-state index contributed by atoms with van der Waals surface area (Å²) in [4.78, 5) is 0. The molecule has 0 N–H and O–H groups in total. The Bertz CT molecular complexity index is 408. The van der Waals surface area contributed by atoms with Crippen LogP contribution in [0.2, 0.25) is 0 Å². The lowest BCUT2D eigenvalue weighted by Gasteiger charge is -2.17. The zero-order chi connectivity index (χ0) is 12.0. The Hall–Kier alpha value is -1.32. The van der Waals surface area contributed by atoms with Crippen molar-refractivity contribution in [2.24, 2.45) is 5.41 Å². The van der Waals surface area contributed by atoms with Crippen LogP contribution in [0.4, 0.5) is 8.78 Å². The van der Waals surface area contributed by atoms with E-state index in [2.05, 4.69) is 30.2 Å². The van der Waals surface area contributed by atoms with Crippen molar-refractivity contribution in [2.45, 2.75) is 33.5 Å². The SMILES string of the molecule is CC(C)(C)Cc1ccc2c(c1)OC(F)(F)O2. The molecule has 0 aromatic heterocycles. The molecule has 0 fully saturated rings. The second kappa shape index (κ2) is 3.34. The lowest BCUT2D eigenvalue weighted by molar-refractivity contribution is -0.286. The van der Waals surface area contributed by atoms with Gasteiger partial charge in [0.2, 0.25) is 0 Å². The van der Waals surface area contributed by atoms with Crippen LogP contribution in [0.1, 0.15) is 26.3 Å². The highest BCUT2D eigenvalue weighted by Crippen LogP contribution is 2.41. The summed E-state index contributed by atoms with van der Waals surface area (Å²) in [7, 11) is 0. The molecule has 0 radical (unpaired) electrons. The zero-order valence-corrected chi connectivity index (χ0v) is 9.51. The van der Waals surface area contributed by atoms with E-state index in [1.165, 1.54) is 6.07 Å². The minimum Gasteiger partial charge on any atom is -0.395 e. The number of halogens is 2. The fourth-order valence-electron chi connectivity index (χ4n) is 1.72. The van der Waals surface area contributed by atoms with Gasteiger partial charge in [-0.25, -0.2) is 0 Å². The van der Waals surface area contributed by atoms with Crippen LogP contribution in [0.5, 0.6) is 11.5 Å². The third-order valence-electron chi connectivity index (χ3n) is 2.20. The van der Waals surface area contributed by atoms with Crippen LogP contribution >= 0.6 is 0 Å². The summed E-state index contributed by atoms with van der Waals surface area (Å²) in [6, 6.07) is 4.92. The fraction of sp³-hybridized carbons (Fsp3) is 0.500. The van der Waals surface area contributed by atoms with Crippen molar-refractivity contribution in [3.05, 3.63) is 23.8 Å². The maximum Gasteiger partial charge on any atom is 0.586 e. The molecular weight excluding hydrogens is 214 g/mol. The molecule has 0 aliphatic carbocycles. The molecule has 2 nitrogen and oxygen atoms in total. The largest absolute Gasteiger partial charge is 0.586 e. The van der Waals surface area contributed by atoms with E-state index in [-0.39, 0.29) is 16.9 Å². The number of rotatable bonds is 1. The van der Waals surface area contributed by atoms with E-state index in [1.807, 2.05) is 0 Å². The topological polar surface area (TPSA) is 18.5 Å². The van der Waals surface area contributed by atoms with Gasteiger partial charge in [-0.1, -0.05) is 26.8 Å². The first kappa shape index (κ1) is 11.2. The van der Waals surface area contributed by atoms with E-state index in [9.17, 15) is 8.78 Å². The molecule has 88 valence electrons. The Morgan fingerprint density at radius 1 is 1.12 bits per heavy atom. The molecule has 2 rings (SSSR count). The lowest BCUT2D eigenvalue weighted by atomic mass is 9.88. The van der Waals surface area contributed by atoms with Crippen LogP contribution in [0.25, 0.3) is 0 Å². The van der Waals surface area contributed by atoms with Crippen molar-refractivity contribution >= 4 is 0 Å². The summed E-state index contributed by atoms with van der Waals surface area (Å²) in [5.41, 5.74) is 1.07. The summed E-state index contributed by atoms with van der Waals surface area (Å²) in [6.07, 6.45) is -2.72. The van der Waals surface area contributed by atoms with Gasteiger partial charge in [0.1, 0.15) is 0 Å². The predicted octanol–water partition coefficient (Wildman–Crippen LogP) is 3.60. The molecule has 1 aromatic rings. The van der Waals surface area contributed by atoms with E-state index in [1.54, 1.807) is 12.1 Å². The van der Waals surface area contributed by atoms with Gasteiger partial charge in [0.25, 0.3) is 0 Å². The van der Waals surface area contributed by atoms with Gasteiger partial charge in [-0.05, 0) is 29.5 Å². The highest BCUT2D eigenvalue weighted by molar-refractivity contribution is 5.45. The first-order chi connectivity index (χ1) is 7.25. The first-order valence-corrected chi connectivity index (χ1v) is 5.14. The molecule has 0 atom stereocenters. The smallest absolute Gasteiger partial charge is 0.395 e. The third kappa shape index (κ3) is 2.43. The number of benzene rings is 1. The maximum absolute atomic E-state index is 12.8.